The van der Waals surface area contributed by atoms with E-state index < -0.39 is 5.97 Å². The zero-order valence-electron chi connectivity index (χ0n) is 8.34. The van der Waals surface area contributed by atoms with Crippen molar-refractivity contribution >= 4 is 5.97 Å². The van der Waals surface area contributed by atoms with E-state index in [0.29, 0.717) is 12.3 Å². The summed E-state index contributed by atoms with van der Waals surface area (Å²) in [6.45, 7) is 0.280. The highest BCUT2D eigenvalue weighted by Crippen LogP contribution is 2.00. The molecule has 0 spiro atoms. The quantitative estimate of drug-likeness (QED) is 0.749. The summed E-state index contributed by atoms with van der Waals surface area (Å²) in [6.07, 6.45) is 0.390. The number of aryl methyl sites for hydroxylation is 1. The number of hydrogen-bond acceptors (Lipinski definition) is 4. The van der Waals surface area contributed by atoms with Crippen LogP contribution in [0.2, 0.25) is 0 Å². The number of aliphatic carboxylic acids is 1. The van der Waals surface area contributed by atoms with Gasteiger partial charge < -0.3 is 9.84 Å². The molecule has 1 N–H and O–H groups in total. The van der Waals surface area contributed by atoms with Gasteiger partial charge in [-0.15, -0.1) is 5.10 Å². The summed E-state index contributed by atoms with van der Waals surface area (Å²) >= 11 is 0. The molecule has 0 saturated carbocycles. The van der Waals surface area contributed by atoms with Gasteiger partial charge in [-0.2, -0.15) is 0 Å². The fraction of sp³-hybridized carbons (Fsp3) is 0.444. The number of carboxylic acids is 1. The third kappa shape index (κ3) is 3.41. The molecule has 1 rings (SSSR count). The SMILES string of the molecule is COc1ccc(=O)n(CCCC(=O)O)n1. The standard InChI is InChI=1S/C9H12N2O4/c1-15-7-4-5-8(12)11(10-7)6-2-3-9(13)14/h4-5H,2-3,6H2,1H3,(H,13,14). The van der Waals surface area contributed by atoms with Gasteiger partial charge in [-0.3, -0.25) is 9.59 Å². The van der Waals surface area contributed by atoms with Gasteiger partial charge in [0.25, 0.3) is 5.56 Å². The Labute approximate surface area is 86.1 Å². The molecule has 0 saturated heterocycles. The lowest BCUT2D eigenvalue weighted by atomic mass is 10.3. The zero-order valence-corrected chi connectivity index (χ0v) is 8.34. The second-order valence-corrected chi connectivity index (χ2v) is 2.93. The summed E-state index contributed by atoms with van der Waals surface area (Å²) in [5, 5.41) is 12.3. The molecule has 0 unspecified atom stereocenters. The van der Waals surface area contributed by atoms with Crippen LogP contribution in [0.3, 0.4) is 0 Å². The Kier molecular flexibility index (Phi) is 3.84. The third-order valence-corrected chi connectivity index (χ3v) is 1.81. The number of hydrogen-bond donors (Lipinski definition) is 1. The van der Waals surface area contributed by atoms with E-state index in [2.05, 4.69) is 5.10 Å². The third-order valence-electron chi connectivity index (χ3n) is 1.81. The fourth-order valence-electron chi connectivity index (χ4n) is 1.08. The van der Waals surface area contributed by atoms with Crippen molar-refractivity contribution in [1.29, 1.82) is 0 Å². The van der Waals surface area contributed by atoms with Gasteiger partial charge in [-0.25, -0.2) is 4.68 Å². The van der Waals surface area contributed by atoms with Crippen LogP contribution in [-0.4, -0.2) is 28.0 Å². The molecule has 1 aromatic heterocycles. The Hall–Kier alpha value is -1.85. The van der Waals surface area contributed by atoms with Gasteiger partial charge in [0.2, 0.25) is 5.88 Å². The van der Waals surface area contributed by atoms with Crippen LogP contribution in [0.15, 0.2) is 16.9 Å². The van der Waals surface area contributed by atoms with Gasteiger partial charge in [-0.1, -0.05) is 0 Å². The van der Waals surface area contributed by atoms with Crippen molar-refractivity contribution < 1.29 is 14.6 Å². The zero-order chi connectivity index (χ0) is 11.3. The summed E-state index contributed by atoms with van der Waals surface area (Å²) in [4.78, 5) is 21.5. The highest BCUT2D eigenvalue weighted by atomic mass is 16.5. The van der Waals surface area contributed by atoms with Crippen LogP contribution in [0.4, 0.5) is 0 Å². The molecule has 0 bridgehead atoms. The number of methoxy groups -OCH3 is 1. The summed E-state index contributed by atoms with van der Waals surface area (Å²) in [5.74, 6) is -0.545. The predicted octanol–water partition coefficient (Wildman–Crippen LogP) is 0.117. The second-order valence-electron chi connectivity index (χ2n) is 2.93. The first-order valence-electron chi connectivity index (χ1n) is 4.47. The van der Waals surface area contributed by atoms with Crippen molar-refractivity contribution in [2.45, 2.75) is 19.4 Å². The molecule has 0 radical (unpaired) electrons. The van der Waals surface area contributed by atoms with Crippen molar-refractivity contribution in [2.24, 2.45) is 0 Å². The van der Waals surface area contributed by atoms with E-state index in [1.807, 2.05) is 0 Å². The molecule has 82 valence electrons. The van der Waals surface area contributed by atoms with Crippen LogP contribution in [0, 0.1) is 0 Å². The van der Waals surface area contributed by atoms with Gasteiger partial charge in [0.1, 0.15) is 0 Å². The summed E-state index contributed by atoms with van der Waals surface area (Å²) in [7, 11) is 1.45. The minimum Gasteiger partial charge on any atom is -0.481 e. The highest BCUT2D eigenvalue weighted by molar-refractivity contribution is 5.66. The maximum Gasteiger partial charge on any atom is 0.303 e. The average Bonchev–Trinajstić information content (AvgIpc) is 2.20. The highest BCUT2D eigenvalue weighted by Gasteiger charge is 2.02. The van der Waals surface area contributed by atoms with Crippen LogP contribution in [0.5, 0.6) is 5.88 Å². The molecule has 6 heteroatoms. The first kappa shape index (κ1) is 11.2. The largest absolute Gasteiger partial charge is 0.481 e. The maximum atomic E-state index is 11.3. The van der Waals surface area contributed by atoms with Crippen molar-refractivity contribution in [1.82, 2.24) is 9.78 Å². The molecule has 6 nitrogen and oxygen atoms in total. The minimum atomic E-state index is -0.883. The van der Waals surface area contributed by atoms with Gasteiger partial charge >= 0.3 is 5.97 Å². The Bertz CT molecular complexity index is 399. The van der Waals surface area contributed by atoms with Crippen LogP contribution in [-0.2, 0) is 11.3 Å². The molecule has 15 heavy (non-hydrogen) atoms. The van der Waals surface area contributed by atoms with Gasteiger partial charge in [-0.05, 0) is 6.42 Å². The lowest BCUT2D eigenvalue weighted by Gasteiger charge is -2.04. The number of carboxylic acid groups (broad SMARTS) is 1. The molecule has 0 atom stereocenters. The van der Waals surface area contributed by atoms with E-state index in [9.17, 15) is 9.59 Å². The van der Waals surface area contributed by atoms with Crippen LogP contribution in [0.1, 0.15) is 12.8 Å². The molecule has 1 heterocycles. The molecule has 0 aliphatic heterocycles. The van der Waals surface area contributed by atoms with Crippen molar-refractivity contribution in [3.8, 4) is 5.88 Å². The van der Waals surface area contributed by atoms with Gasteiger partial charge in [0.05, 0.1) is 7.11 Å². The van der Waals surface area contributed by atoms with E-state index >= 15 is 0 Å². The molecule has 0 aliphatic carbocycles. The lowest BCUT2D eigenvalue weighted by Crippen LogP contribution is -2.22. The Morgan fingerprint density at radius 2 is 2.33 bits per heavy atom. The maximum absolute atomic E-state index is 11.3. The number of nitrogens with zero attached hydrogens (tertiary/aromatic N) is 2. The van der Waals surface area contributed by atoms with Crippen LogP contribution in [0.25, 0.3) is 0 Å². The first-order valence-corrected chi connectivity index (χ1v) is 4.47. The molecule has 0 aliphatic rings. The van der Waals surface area contributed by atoms with E-state index in [-0.39, 0.29) is 18.5 Å². The smallest absolute Gasteiger partial charge is 0.303 e. The number of carbonyl (C=O) groups is 1. The first-order chi connectivity index (χ1) is 7.13. The lowest BCUT2D eigenvalue weighted by molar-refractivity contribution is -0.137. The van der Waals surface area contributed by atoms with Crippen LogP contribution < -0.4 is 10.3 Å². The molecular weight excluding hydrogens is 200 g/mol. The van der Waals surface area contributed by atoms with E-state index in [0.717, 1.165) is 0 Å². The molecule has 1 aromatic rings. The van der Waals surface area contributed by atoms with E-state index in [1.54, 1.807) is 0 Å². The summed E-state index contributed by atoms with van der Waals surface area (Å²) in [6, 6.07) is 2.81. The monoisotopic (exact) mass is 212 g/mol. The average molecular weight is 212 g/mol. The second kappa shape index (κ2) is 5.14. The van der Waals surface area contributed by atoms with E-state index in [1.165, 1.54) is 23.9 Å². The summed E-state index contributed by atoms with van der Waals surface area (Å²) in [5.41, 5.74) is -0.263. The van der Waals surface area contributed by atoms with E-state index in [4.69, 9.17) is 9.84 Å². The minimum absolute atomic E-state index is 0.0192. The summed E-state index contributed by atoms with van der Waals surface area (Å²) < 4.78 is 6.05. The van der Waals surface area contributed by atoms with Crippen molar-refractivity contribution in [2.75, 3.05) is 7.11 Å². The fourth-order valence-corrected chi connectivity index (χ4v) is 1.08. The van der Waals surface area contributed by atoms with Gasteiger partial charge in [0.15, 0.2) is 0 Å². The number of ether oxygens (including phenoxy) is 1. The van der Waals surface area contributed by atoms with Crippen molar-refractivity contribution in [3.05, 3.63) is 22.5 Å². The van der Waals surface area contributed by atoms with Crippen molar-refractivity contribution in [3.63, 3.8) is 0 Å². The van der Waals surface area contributed by atoms with Gasteiger partial charge in [0, 0.05) is 25.1 Å². The molecule has 0 amide bonds. The Morgan fingerprint density at radius 1 is 1.60 bits per heavy atom. The Morgan fingerprint density at radius 3 is 2.93 bits per heavy atom. The molecular formula is C9H12N2O4. The number of rotatable bonds is 5. The Balaban J connectivity index is 2.67. The molecule has 0 aromatic carbocycles. The number of aromatic nitrogens is 2. The predicted molar refractivity (Wildman–Crippen MR) is 51.9 cm³/mol. The topological polar surface area (TPSA) is 81.4 Å². The van der Waals surface area contributed by atoms with Crippen LogP contribution >= 0.6 is 0 Å². The molecule has 0 fully saturated rings. The normalized spacial score (nSPS) is 9.93.